The van der Waals surface area contributed by atoms with Gasteiger partial charge in [0, 0.05) is 37.8 Å². The zero-order valence-corrected chi connectivity index (χ0v) is 12.8. The van der Waals surface area contributed by atoms with E-state index in [-0.39, 0.29) is 6.04 Å². The molecule has 6 heteroatoms. The third-order valence-electron chi connectivity index (χ3n) is 3.83. The summed E-state index contributed by atoms with van der Waals surface area (Å²) in [5.74, 6) is 1.78. The maximum atomic E-state index is 13.7. The average Bonchev–Trinajstić information content (AvgIpc) is 2.56. The van der Waals surface area contributed by atoms with Crippen molar-refractivity contribution in [3.8, 4) is 17.2 Å². The molecule has 0 amide bonds. The van der Waals surface area contributed by atoms with Crippen molar-refractivity contribution in [2.45, 2.75) is 6.04 Å². The molecule has 1 heterocycles. The van der Waals surface area contributed by atoms with Crippen molar-refractivity contribution in [2.24, 2.45) is 0 Å². The summed E-state index contributed by atoms with van der Waals surface area (Å²) in [6.07, 6.45) is 0. The first-order valence-corrected chi connectivity index (χ1v) is 7.05. The van der Waals surface area contributed by atoms with E-state index in [1.54, 1.807) is 27.4 Å². The van der Waals surface area contributed by atoms with Crippen molar-refractivity contribution in [3.63, 3.8) is 0 Å². The van der Waals surface area contributed by atoms with Gasteiger partial charge >= 0.3 is 0 Å². The molecule has 1 aromatic rings. The lowest BCUT2D eigenvalue weighted by molar-refractivity contribution is 0.144. The fraction of sp³-hybridized carbons (Fsp3) is 0.600. The fourth-order valence-electron chi connectivity index (χ4n) is 2.68. The van der Waals surface area contributed by atoms with Gasteiger partial charge in [0.1, 0.15) is 12.4 Å². The Labute approximate surface area is 125 Å². The summed E-state index contributed by atoms with van der Waals surface area (Å²) in [6.45, 7) is 2.89. The molecule has 0 saturated carbocycles. The Morgan fingerprint density at radius 3 is 2.14 bits per heavy atom. The van der Waals surface area contributed by atoms with Crippen LogP contribution >= 0.6 is 0 Å². The van der Waals surface area contributed by atoms with Crippen LogP contribution in [-0.2, 0) is 0 Å². The molecule has 118 valence electrons. The second-order valence-electron chi connectivity index (χ2n) is 4.91. The van der Waals surface area contributed by atoms with Crippen LogP contribution < -0.4 is 19.5 Å². The number of methoxy groups -OCH3 is 3. The molecule has 1 atom stereocenters. The summed E-state index contributed by atoms with van der Waals surface area (Å²) in [7, 11) is 4.72. The Morgan fingerprint density at radius 2 is 1.62 bits per heavy atom. The van der Waals surface area contributed by atoms with Crippen LogP contribution in [0.2, 0.25) is 0 Å². The van der Waals surface area contributed by atoms with E-state index < -0.39 is 6.67 Å². The lowest BCUT2D eigenvalue weighted by atomic mass is 10.0. The van der Waals surface area contributed by atoms with Crippen molar-refractivity contribution in [3.05, 3.63) is 17.7 Å². The maximum absolute atomic E-state index is 13.7. The SMILES string of the molecule is COc1cc(OC)c([C@@H](CF)N2CCNCC2)cc1OC. The summed E-state index contributed by atoms with van der Waals surface area (Å²) in [5, 5.41) is 3.27. The maximum Gasteiger partial charge on any atom is 0.164 e. The van der Waals surface area contributed by atoms with E-state index in [9.17, 15) is 4.39 Å². The number of nitrogens with zero attached hydrogens (tertiary/aromatic N) is 1. The molecule has 0 unspecified atom stereocenters. The van der Waals surface area contributed by atoms with Crippen molar-refractivity contribution in [1.29, 1.82) is 0 Å². The molecule has 1 fully saturated rings. The lowest BCUT2D eigenvalue weighted by Gasteiger charge is -2.34. The molecular formula is C15H23FN2O3. The van der Waals surface area contributed by atoms with Gasteiger partial charge in [0.05, 0.1) is 27.4 Å². The van der Waals surface area contributed by atoms with Gasteiger partial charge < -0.3 is 19.5 Å². The third-order valence-corrected chi connectivity index (χ3v) is 3.83. The highest BCUT2D eigenvalue weighted by Crippen LogP contribution is 2.39. The molecule has 0 aliphatic carbocycles. The summed E-state index contributed by atoms with van der Waals surface area (Å²) in [5.41, 5.74) is 0.791. The van der Waals surface area contributed by atoms with Crippen molar-refractivity contribution in [2.75, 3.05) is 54.2 Å². The summed E-state index contributed by atoms with van der Waals surface area (Å²) in [6, 6.07) is 3.23. The highest BCUT2D eigenvalue weighted by molar-refractivity contribution is 5.52. The summed E-state index contributed by atoms with van der Waals surface area (Å²) in [4.78, 5) is 2.13. The Morgan fingerprint density at radius 1 is 1.05 bits per heavy atom. The quantitative estimate of drug-likeness (QED) is 0.864. The van der Waals surface area contributed by atoms with Gasteiger partial charge in [-0.25, -0.2) is 4.39 Å². The smallest absolute Gasteiger partial charge is 0.164 e. The molecule has 1 aromatic carbocycles. The van der Waals surface area contributed by atoms with Gasteiger partial charge in [-0.15, -0.1) is 0 Å². The number of rotatable bonds is 6. The van der Waals surface area contributed by atoms with E-state index in [0.717, 1.165) is 31.7 Å². The van der Waals surface area contributed by atoms with Gasteiger partial charge in [-0.2, -0.15) is 0 Å². The second-order valence-corrected chi connectivity index (χ2v) is 4.91. The van der Waals surface area contributed by atoms with Crippen LogP contribution in [0.5, 0.6) is 17.2 Å². The van der Waals surface area contributed by atoms with Gasteiger partial charge in [0.25, 0.3) is 0 Å². The summed E-state index contributed by atoms with van der Waals surface area (Å²) >= 11 is 0. The minimum Gasteiger partial charge on any atom is -0.496 e. The topological polar surface area (TPSA) is 43.0 Å². The van der Waals surface area contributed by atoms with E-state index in [0.29, 0.717) is 17.2 Å². The minimum atomic E-state index is -0.466. The van der Waals surface area contributed by atoms with E-state index in [4.69, 9.17) is 14.2 Å². The number of benzene rings is 1. The van der Waals surface area contributed by atoms with E-state index in [1.165, 1.54) is 0 Å². The molecule has 5 nitrogen and oxygen atoms in total. The molecule has 0 bridgehead atoms. The van der Waals surface area contributed by atoms with Crippen LogP contribution in [0.1, 0.15) is 11.6 Å². The van der Waals surface area contributed by atoms with E-state index in [2.05, 4.69) is 10.2 Å². The minimum absolute atomic E-state index is 0.332. The van der Waals surface area contributed by atoms with Gasteiger partial charge in [-0.1, -0.05) is 0 Å². The molecule has 1 N–H and O–H groups in total. The van der Waals surface area contributed by atoms with Crippen LogP contribution in [0.4, 0.5) is 4.39 Å². The molecule has 21 heavy (non-hydrogen) atoms. The largest absolute Gasteiger partial charge is 0.496 e. The normalized spacial score (nSPS) is 17.3. The highest BCUT2D eigenvalue weighted by atomic mass is 19.1. The zero-order valence-electron chi connectivity index (χ0n) is 12.8. The molecule has 0 radical (unpaired) electrons. The molecule has 2 rings (SSSR count). The van der Waals surface area contributed by atoms with Crippen LogP contribution in [0, 0.1) is 0 Å². The Balaban J connectivity index is 2.38. The molecule has 1 saturated heterocycles. The predicted molar refractivity (Wildman–Crippen MR) is 79.3 cm³/mol. The van der Waals surface area contributed by atoms with Gasteiger partial charge in [-0.3, -0.25) is 4.90 Å². The van der Waals surface area contributed by atoms with Crippen molar-refractivity contribution < 1.29 is 18.6 Å². The lowest BCUT2D eigenvalue weighted by Crippen LogP contribution is -2.45. The highest BCUT2D eigenvalue weighted by Gasteiger charge is 2.26. The first kappa shape index (κ1) is 15.9. The molecule has 1 aliphatic heterocycles. The van der Waals surface area contributed by atoms with Gasteiger partial charge in [0.15, 0.2) is 11.5 Å². The zero-order chi connectivity index (χ0) is 15.2. The van der Waals surface area contributed by atoms with Crippen LogP contribution in [0.25, 0.3) is 0 Å². The summed E-state index contributed by atoms with van der Waals surface area (Å²) < 4.78 is 29.7. The molecule has 1 aliphatic rings. The average molecular weight is 298 g/mol. The number of hydrogen-bond acceptors (Lipinski definition) is 5. The van der Waals surface area contributed by atoms with E-state index in [1.807, 2.05) is 6.07 Å². The number of halogens is 1. The number of piperazine rings is 1. The monoisotopic (exact) mass is 298 g/mol. The van der Waals surface area contributed by atoms with E-state index >= 15 is 0 Å². The number of ether oxygens (including phenoxy) is 3. The van der Waals surface area contributed by atoms with Crippen LogP contribution in [0.3, 0.4) is 0 Å². The predicted octanol–water partition coefficient (Wildman–Crippen LogP) is 1.63. The van der Waals surface area contributed by atoms with Gasteiger partial charge in [-0.05, 0) is 6.07 Å². The standard InChI is InChI=1S/C15H23FN2O3/c1-19-13-9-15(21-3)14(20-2)8-11(13)12(10-16)18-6-4-17-5-7-18/h8-9,12,17H,4-7,10H2,1-3H3/t12-/m1/s1. The molecule has 0 spiro atoms. The van der Waals surface area contributed by atoms with Gasteiger partial charge in [0.2, 0.25) is 0 Å². The molecule has 0 aromatic heterocycles. The number of hydrogen-bond donors (Lipinski definition) is 1. The fourth-order valence-corrected chi connectivity index (χ4v) is 2.68. The van der Waals surface area contributed by atoms with Crippen molar-refractivity contribution in [1.82, 2.24) is 10.2 Å². The van der Waals surface area contributed by atoms with Crippen molar-refractivity contribution >= 4 is 0 Å². The Hall–Kier alpha value is -1.53. The Kier molecular flexibility index (Phi) is 5.64. The number of alkyl halides is 1. The van der Waals surface area contributed by atoms with Crippen LogP contribution in [-0.4, -0.2) is 59.1 Å². The number of nitrogens with one attached hydrogen (secondary N) is 1. The first-order valence-electron chi connectivity index (χ1n) is 7.05. The third kappa shape index (κ3) is 3.39. The second kappa shape index (κ2) is 7.47. The Bertz CT molecular complexity index is 464. The van der Waals surface area contributed by atoms with Crippen LogP contribution in [0.15, 0.2) is 12.1 Å². The molecular weight excluding hydrogens is 275 g/mol. The first-order chi connectivity index (χ1) is 10.2.